The number of ether oxygens (including phenoxy) is 1. The third kappa shape index (κ3) is 5.06. The molecule has 1 aliphatic heterocycles. The van der Waals surface area contributed by atoms with Gasteiger partial charge in [0.15, 0.2) is 0 Å². The van der Waals surface area contributed by atoms with Gasteiger partial charge in [0.1, 0.15) is 5.75 Å². The fourth-order valence-corrected chi connectivity index (χ4v) is 1.80. The van der Waals surface area contributed by atoms with Crippen molar-refractivity contribution in [2.45, 2.75) is 0 Å². The molecular formula is C12H15BrN2O5. The summed E-state index contributed by atoms with van der Waals surface area (Å²) in [6, 6.07) is 3.66. The normalized spacial score (nSPS) is 14.2. The van der Waals surface area contributed by atoms with Gasteiger partial charge in [-0.25, -0.2) is 9.59 Å². The van der Waals surface area contributed by atoms with Crippen molar-refractivity contribution in [2.24, 2.45) is 5.73 Å². The maximum atomic E-state index is 10.4. The first-order valence-corrected chi connectivity index (χ1v) is 6.55. The molecule has 0 saturated carbocycles. The van der Waals surface area contributed by atoms with Gasteiger partial charge in [-0.1, -0.05) is 0 Å². The average Bonchev–Trinajstić information content (AvgIpc) is 2.43. The molecule has 20 heavy (non-hydrogen) atoms. The number of halogens is 1. The number of hydrogen-bond donors (Lipinski definition) is 3. The van der Waals surface area contributed by atoms with Crippen molar-refractivity contribution in [2.75, 3.05) is 26.3 Å². The largest absolute Gasteiger partial charge is 0.507 e. The highest BCUT2D eigenvalue weighted by Gasteiger charge is 2.12. The number of nitrogens with zero attached hydrogens (tertiary/aromatic N) is 1. The van der Waals surface area contributed by atoms with Crippen LogP contribution in [0.5, 0.6) is 5.75 Å². The third-order valence-electron chi connectivity index (χ3n) is 2.52. The maximum absolute atomic E-state index is 10.4. The van der Waals surface area contributed by atoms with Crippen molar-refractivity contribution >= 4 is 27.9 Å². The van der Waals surface area contributed by atoms with Gasteiger partial charge in [0, 0.05) is 13.1 Å². The summed E-state index contributed by atoms with van der Waals surface area (Å²) in [4.78, 5) is 22.4. The summed E-state index contributed by atoms with van der Waals surface area (Å²) in [5.74, 6) is -0.972. The molecule has 7 nitrogen and oxygen atoms in total. The van der Waals surface area contributed by atoms with E-state index in [1.54, 1.807) is 4.90 Å². The van der Waals surface area contributed by atoms with Gasteiger partial charge in [0.2, 0.25) is 0 Å². The van der Waals surface area contributed by atoms with E-state index in [1.165, 1.54) is 18.2 Å². The first-order valence-electron chi connectivity index (χ1n) is 5.75. The highest BCUT2D eigenvalue weighted by molar-refractivity contribution is 9.10. The molecule has 2 rings (SSSR count). The molecule has 8 heteroatoms. The van der Waals surface area contributed by atoms with Crippen LogP contribution < -0.4 is 5.73 Å². The Morgan fingerprint density at radius 2 is 1.90 bits per heavy atom. The van der Waals surface area contributed by atoms with Crippen LogP contribution in [0.1, 0.15) is 10.4 Å². The minimum Gasteiger partial charge on any atom is -0.507 e. The third-order valence-corrected chi connectivity index (χ3v) is 3.15. The quantitative estimate of drug-likeness (QED) is 0.708. The van der Waals surface area contributed by atoms with E-state index in [9.17, 15) is 9.59 Å². The fourth-order valence-electron chi connectivity index (χ4n) is 1.42. The van der Waals surface area contributed by atoms with Crippen LogP contribution in [0.25, 0.3) is 0 Å². The minimum absolute atomic E-state index is 0.0370. The number of amides is 2. The van der Waals surface area contributed by atoms with E-state index in [4.69, 9.17) is 20.7 Å². The number of phenolic OH excluding ortho intramolecular Hbond substituents is 1. The summed E-state index contributed by atoms with van der Waals surface area (Å²) >= 11 is 3.00. The predicted molar refractivity (Wildman–Crippen MR) is 74.7 cm³/mol. The number of phenols is 1. The first-order chi connectivity index (χ1) is 9.41. The summed E-state index contributed by atoms with van der Waals surface area (Å²) in [5.41, 5.74) is 5.15. The second-order valence-corrected chi connectivity index (χ2v) is 4.76. The van der Waals surface area contributed by atoms with Gasteiger partial charge in [0.25, 0.3) is 0 Å². The number of benzene rings is 1. The molecule has 1 aromatic carbocycles. The number of aromatic hydroxyl groups is 1. The van der Waals surface area contributed by atoms with Crippen LogP contribution in [0.15, 0.2) is 22.7 Å². The number of morpholine rings is 1. The lowest BCUT2D eigenvalue weighted by Crippen LogP contribution is -2.43. The van der Waals surface area contributed by atoms with Crippen molar-refractivity contribution in [3.05, 3.63) is 28.2 Å². The van der Waals surface area contributed by atoms with Gasteiger partial charge in [-0.15, -0.1) is 0 Å². The highest BCUT2D eigenvalue weighted by atomic mass is 79.9. The van der Waals surface area contributed by atoms with Crippen molar-refractivity contribution in [1.82, 2.24) is 4.90 Å². The molecule has 0 atom stereocenters. The second kappa shape index (κ2) is 7.71. The molecule has 1 fully saturated rings. The number of carbonyl (C=O) groups excluding carboxylic acids is 1. The van der Waals surface area contributed by atoms with Crippen LogP contribution in [0.4, 0.5) is 4.79 Å². The molecule has 0 spiro atoms. The maximum Gasteiger partial charge on any atom is 0.335 e. The van der Waals surface area contributed by atoms with E-state index >= 15 is 0 Å². The summed E-state index contributed by atoms with van der Waals surface area (Å²) in [6.45, 7) is 2.50. The van der Waals surface area contributed by atoms with Gasteiger partial charge in [0.05, 0.1) is 23.2 Å². The smallest absolute Gasteiger partial charge is 0.335 e. The van der Waals surface area contributed by atoms with Crippen LogP contribution in [0.3, 0.4) is 0 Å². The predicted octanol–water partition coefficient (Wildman–Crippen LogP) is 1.25. The molecule has 4 N–H and O–H groups in total. The average molecular weight is 347 g/mol. The van der Waals surface area contributed by atoms with Crippen molar-refractivity contribution in [1.29, 1.82) is 0 Å². The van der Waals surface area contributed by atoms with E-state index in [1.807, 2.05) is 0 Å². The Kier molecular flexibility index (Phi) is 6.26. The van der Waals surface area contributed by atoms with Gasteiger partial charge in [-0.3, -0.25) is 0 Å². The lowest BCUT2D eigenvalue weighted by molar-refractivity contribution is 0.0554. The summed E-state index contributed by atoms with van der Waals surface area (Å²) in [5, 5.41) is 17.5. The van der Waals surface area contributed by atoms with E-state index in [2.05, 4.69) is 15.9 Å². The van der Waals surface area contributed by atoms with Crippen LogP contribution >= 0.6 is 15.9 Å². The molecule has 1 heterocycles. The lowest BCUT2D eigenvalue weighted by Gasteiger charge is -2.24. The van der Waals surface area contributed by atoms with Gasteiger partial charge < -0.3 is 25.6 Å². The summed E-state index contributed by atoms with van der Waals surface area (Å²) in [7, 11) is 0. The number of hydrogen-bond acceptors (Lipinski definition) is 4. The first kappa shape index (κ1) is 16.3. The number of carboxylic acid groups (broad SMARTS) is 1. The monoisotopic (exact) mass is 346 g/mol. The fraction of sp³-hybridized carbons (Fsp3) is 0.333. The Balaban J connectivity index is 0.000000204. The zero-order valence-electron chi connectivity index (χ0n) is 10.6. The molecule has 0 unspecified atom stereocenters. The number of carboxylic acids is 1. The number of carbonyl (C=O) groups is 2. The van der Waals surface area contributed by atoms with Crippen LogP contribution in [0, 0.1) is 0 Å². The second-order valence-electron chi connectivity index (χ2n) is 3.91. The highest BCUT2D eigenvalue weighted by Crippen LogP contribution is 2.23. The SMILES string of the molecule is NC(=O)N1CCOCC1.O=C(O)c1ccc(O)c(Br)c1. The van der Waals surface area contributed by atoms with E-state index in [0.717, 1.165) is 0 Å². The Morgan fingerprint density at radius 3 is 2.30 bits per heavy atom. The molecule has 1 aromatic rings. The molecule has 0 aliphatic carbocycles. The van der Waals surface area contributed by atoms with Gasteiger partial charge in [-0.2, -0.15) is 0 Å². The zero-order chi connectivity index (χ0) is 15.1. The van der Waals surface area contributed by atoms with Gasteiger partial charge in [-0.05, 0) is 34.1 Å². The Bertz CT molecular complexity index is 489. The summed E-state index contributed by atoms with van der Waals surface area (Å²) < 4.78 is 5.39. The molecule has 0 bridgehead atoms. The summed E-state index contributed by atoms with van der Waals surface area (Å²) in [6.07, 6.45) is 0. The minimum atomic E-state index is -1.01. The number of nitrogens with two attached hydrogens (primary N) is 1. The van der Waals surface area contributed by atoms with Crippen molar-refractivity contribution in [3.8, 4) is 5.75 Å². The number of rotatable bonds is 1. The Morgan fingerprint density at radius 1 is 1.30 bits per heavy atom. The topological polar surface area (TPSA) is 113 Å². The lowest BCUT2D eigenvalue weighted by atomic mass is 10.2. The number of primary amides is 1. The molecule has 1 saturated heterocycles. The molecular weight excluding hydrogens is 332 g/mol. The molecule has 1 aliphatic rings. The molecule has 0 radical (unpaired) electrons. The zero-order valence-corrected chi connectivity index (χ0v) is 12.2. The Hall–Kier alpha value is -1.80. The standard InChI is InChI=1S/C7H5BrO3.C5H10N2O2/c8-5-3-4(7(10)11)1-2-6(5)9;6-5(8)7-1-3-9-4-2-7/h1-3,9H,(H,10,11);1-4H2,(H2,6,8). The molecule has 110 valence electrons. The van der Waals surface area contributed by atoms with E-state index < -0.39 is 5.97 Å². The van der Waals surface area contributed by atoms with Crippen molar-refractivity contribution < 1.29 is 24.5 Å². The van der Waals surface area contributed by atoms with E-state index in [0.29, 0.717) is 30.8 Å². The van der Waals surface area contributed by atoms with Crippen LogP contribution in [-0.4, -0.2) is 53.4 Å². The number of urea groups is 1. The van der Waals surface area contributed by atoms with Crippen LogP contribution in [-0.2, 0) is 4.74 Å². The van der Waals surface area contributed by atoms with Crippen LogP contribution in [0.2, 0.25) is 0 Å². The Labute approximate surface area is 124 Å². The molecule has 2 amide bonds. The number of aromatic carboxylic acids is 1. The van der Waals surface area contributed by atoms with Gasteiger partial charge >= 0.3 is 12.0 Å². The van der Waals surface area contributed by atoms with E-state index in [-0.39, 0.29) is 17.3 Å². The van der Waals surface area contributed by atoms with Crippen molar-refractivity contribution in [3.63, 3.8) is 0 Å². The molecule has 0 aromatic heterocycles.